The van der Waals surface area contributed by atoms with E-state index in [1.54, 1.807) is 6.07 Å². The average Bonchev–Trinajstić information content (AvgIpc) is 2.38. The van der Waals surface area contributed by atoms with Gasteiger partial charge in [0.1, 0.15) is 0 Å². The minimum atomic E-state index is -0.564. The second-order valence-corrected chi connectivity index (χ2v) is 4.97. The molecule has 1 unspecified atom stereocenters. The van der Waals surface area contributed by atoms with Gasteiger partial charge in [-0.2, -0.15) is 0 Å². The molecule has 1 rings (SSSR count). The molecule has 1 aromatic rings. The number of aliphatic hydroxyl groups is 1. The van der Waals surface area contributed by atoms with Crippen LogP contribution < -0.4 is 10.2 Å². The summed E-state index contributed by atoms with van der Waals surface area (Å²) in [5.41, 5.74) is 1.02. The van der Waals surface area contributed by atoms with Crippen molar-refractivity contribution in [2.75, 3.05) is 25.6 Å². The van der Waals surface area contributed by atoms with E-state index in [4.69, 9.17) is 0 Å². The van der Waals surface area contributed by atoms with Crippen LogP contribution in [0, 0.1) is 0 Å². The lowest BCUT2D eigenvalue weighted by Crippen LogP contribution is -2.48. The lowest BCUT2D eigenvalue weighted by atomic mass is 9.99. The molecule has 0 aliphatic heterocycles. The number of rotatable bonds is 5. The Morgan fingerprint density at radius 2 is 2.11 bits per heavy atom. The number of hydrogen-bond acceptors (Lipinski definition) is 3. The van der Waals surface area contributed by atoms with Gasteiger partial charge in [-0.05, 0) is 31.5 Å². The van der Waals surface area contributed by atoms with E-state index in [9.17, 15) is 9.90 Å². The van der Waals surface area contributed by atoms with E-state index in [0.29, 0.717) is 12.0 Å². The molecule has 0 aliphatic carbocycles. The maximum Gasteiger partial charge on any atom is 0.251 e. The van der Waals surface area contributed by atoms with Crippen molar-refractivity contribution in [1.29, 1.82) is 0 Å². The summed E-state index contributed by atoms with van der Waals surface area (Å²) in [7, 11) is 3.86. The number of amides is 1. The van der Waals surface area contributed by atoms with Crippen molar-refractivity contribution >= 4 is 11.6 Å². The Bertz CT molecular complexity index is 412. The molecule has 0 bridgehead atoms. The highest BCUT2D eigenvalue weighted by Crippen LogP contribution is 2.15. The number of carbonyl (C=O) groups excluding carboxylic acids is 1. The normalized spacial score (nSPS) is 13.8. The molecule has 18 heavy (non-hydrogen) atoms. The second kappa shape index (κ2) is 5.87. The lowest BCUT2D eigenvalue weighted by molar-refractivity contribution is 0.0847. The number of aliphatic hydroxyl groups excluding tert-OH is 1. The highest BCUT2D eigenvalue weighted by atomic mass is 16.3. The van der Waals surface area contributed by atoms with Crippen LogP contribution in [0.3, 0.4) is 0 Å². The Balaban J connectivity index is 2.88. The van der Waals surface area contributed by atoms with E-state index in [0.717, 1.165) is 5.69 Å². The van der Waals surface area contributed by atoms with Crippen molar-refractivity contribution in [3.05, 3.63) is 29.8 Å². The summed E-state index contributed by atoms with van der Waals surface area (Å²) in [6, 6.07) is 7.41. The zero-order valence-electron chi connectivity index (χ0n) is 11.5. The molecule has 0 saturated carbocycles. The van der Waals surface area contributed by atoms with Gasteiger partial charge in [0.25, 0.3) is 5.91 Å². The van der Waals surface area contributed by atoms with Gasteiger partial charge in [0.2, 0.25) is 0 Å². The largest absolute Gasteiger partial charge is 0.394 e. The number of hydrogen-bond donors (Lipinski definition) is 2. The standard InChI is InChI=1S/C14H22N2O2/c1-5-14(2,10-17)15-13(18)11-7-6-8-12(9-11)16(3)4/h6-9,17H,5,10H2,1-4H3,(H,15,18). The van der Waals surface area contributed by atoms with Crippen LogP contribution in [-0.2, 0) is 0 Å². The van der Waals surface area contributed by atoms with Gasteiger partial charge in [-0.1, -0.05) is 13.0 Å². The van der Waals surface area contributed by atoms with Gasteiger partial charge < -0.3 is 15.3 Å². The molecule has 1 amide bonds. The van der Waals surface area contributed by atoms with Crippen LogP contribution in [0.2, 0.25) is 0 Å². The van der Waals surface area contributed by atoms with Crippen LogP contribution in [0.1, 0.15) is 30.6 Å². The molecule has 4 heteroatoms. The fraction of sp³-hybridized carbons (Fsp3) is 0.500. The van der Waals surface area contributed by atoms with Crippen molar-refractivity contribution < 1.29 is 9.90 Å². The molecule has 1 atom stereocenters. The summed E-state index contributed by atoms with van der Waals surface area (Å²) in [5.74, 6) is -0.155. The summed E-state index contributed by atoms with van der Waals surface area (Å²) in [6.07, 6.45) is 0.683. The van der Waals surface area contributed by atoms with E-state index in [1.165, 1.54) is 0 Å². The minimum Gasteiger partial charge on any atom is -0.394 e. The molecule has 0 radical (unpaired) electrons. The molecule has 0 spiro atoms. The Morgan fingerprint density at radius 1 is 1.44 bits per heavy atom. The molecular weight excluding hydrogens is 228 g/mol. The van der Waals surface area contributed by atoms with E-state index in [-0.39, 0.29) is 12.5 Å². The molecule has 0 fully saturated rings. The van der Waals surface area contributed by atoms with Gasteiger partial charge in [0, 0.05) is 25.3 Å². The van der Waals surface area contributed by atoms with Gasteiger partial charge in [-0.25, -0.2) is 0 Å². The third kappa shape index (κ3) is 3.47. The smallest absolute Gasteiger partial charge is 0.251 e. The van der Waals surface area contributed by atoms with Crippen LogP contribution in [0.15, 0.2) is 24.3 Å². The molecule has 1 aromatic carbocycles. The van der Waals surface area contributed by atoms with Crippen LogP contribution in [0.25, 0.3) is 0 Å². The molecule has 0 saturated heterocycles. The first kappa shape index (κ1) is 14.5. The highest BCUT2D eigenvalue weighted by molar-refractivity contribution is 5.95. The predicted octanol–water partition coefficient (Wildman–Crippen LogP) is 1.64. The summed E-state index contributed by atoms with van der Waals surface area (Å²) in [6.45, 7) is 3.70. The first-order chi connectivity index (χ1) is 8.41. The van der Waals surface area contributed by atoms with Gasteiger partial charge in [0.05, 0.1) is 12.1 Å². The third-order valence-corrected chi connectivity index (χ3v) is 3.17. The molecule has 2 N–H and O–H groups in total. The highest BCUT2D eigenvalue weighted by Gasteiger charge is 2.23. The summed E-state index contributed by atoms with van der Waals surface area (Å²) < 4.78 is 0. The monoisotopic (exact) mass is 250 g/mol. The zero-order valence-corrected chi connectivity index (χ0v) is 11.5. The van der Waals surface area contributed by atoms with Gasteiger partial charge in [0.15, 0.2) is 0 Å². The van der Waals surface area contributed by atoms with Gasteiger partial charge in [-0.3, -0.25) is 4.79 Å². The maximum absolute atomic E-state index is 12.1. The molecule has 0 aliphatic rings. The van der Waals surface area contributed by atoms with Crippen molar-refractivity contribution in [3.63, 3.8) is 0 Å². The van der Waals surface area contributed by atoms with Crippen LogP contribution in [-0.4, -0.2) is 37.3 Å². The Morgan fingerprint density at radius 3 is 2.61 bits per heavy atom. The molecule has 4 nitrogen and oxygen atoms in total. The topological polar surface area (TPSA) is 52.6 Å². The fourth-order valence-electron chi connectivity index (χ4n) is 1.51. The molecule has 0 aromatic heterocycles. The van der Waals surface area contributed by atoms with Gasteiger partial charge >= 0.3 is 0 Å². The average molecular weight is 250 g/mol. The number of nitrogens with zero attached hydrogens (tertiary/aromatic N) is 1. The lowest BCUT2D eigenvalue weighted by Gasteiger charge is -2.27. The number of benzene rings is 1. The quantitative estimate of drug-likeness (QED) is 0.835. The summed E-state index contributed by atoms with van der Waals surface area (Å²) >= 11 is 0. The van der Waals surface area contributed by atoms with Crippen molar-refractivity contribution in [3.8, 4) is 0 Å². The maximum atomic E-state index is 12.1. The summed E-state index contributed by atoms with van der Waals surface area (Å²) in [5, 5.41) is 12.2. The number of anilines is 1. The third-order valence-electron chi connectivity index (χ3n) is 3.17. The van der Waals surface area contributed by atoms with Crippen LogP contribution >= 0.6 is 0 Å². The molecule has 100 valence electrons. The second-order valence-electron chi connectivity index (χ2n) is 4.97. The Hall–Kier alpha value is -1.55. The van der Waals surface area contributed by atoms with Crippen LogP contribution in [0.4, 0.5) is 5.69 Å². The minimum absolute atomic E-state index is 0.0669. The van der Waals surface area contributed by atoms with Gasteiger partial charge in [-0.15, -0.1) is 0 Å². The SMILES string of the molecule is CCC(C)(CO)NC(=O)c1cccc(N(C)C)c1. The zero-order chi connectivity index (χ0) is 13.8. The van der Waals surface area contributed by atoms with E-state index in [1.807, 2.05) is 51.0 Å². The predicted molar refractivity (Wildman–Crippen MR) is 74.0 cm³/mol. The van der Waals surface area contributed by atoms with E-state index < -0.39 is 5.54 Å². The van der Waals surface area contributed by atoms with E-state index >= 15 is 0 Å². The molecular formula is C14H22N2O2. The first-order valence-corrected chi connectivity index (χ1v) is 6.12. The Labute approximate surface area is 109 Å². The summed E-state index contributed by atoms with van der Waals surface area (Å²) in [4.78, 5) is 14.1. The van der Waals surface area contributed by atoms with Crippen LogP contribution in [0.5, 0.6) is 0 Å². The Kier molecular flexibility index (Phi) is 4.73. The van der Waals surface area contributed by atoms with Crippen molar-refractivity contribution in [1.82, 2.24) is 5.32 Å². The van der Waals surface area contributed by atoms with E-state index in [2.05, 4.69) is 5.32 Å². The number of nitrogens with one attached hydrogen (secondary N) is 1. The number of carbonyl (C=O) groups is 1. The van der Waals surface area contributed by atoms with Crippen molar-refractivity contribution in [2.24, 2.45) is 0 Å². The van der Waals surface area contributed by atoms with Crippen molar-refractivity contribution in [2.45, 2.75) is 25.8 Å². The fourth-order valence-corrected chi connectivity index (χ4v) is 1.51. The first-order valence-electron chi connectivity index (χ1n) is 6.12. The molecule has 0 heterocycles.